The molecule has 0 unspecified atom stereocenters. The first-order valence-electron chi connectivity index (χ1n) is 5.44. The van der Waals surface area contributed by atoms with Gasteiger partial charge in [-0.2, -0.15) is 0 Å². The Morgan fingerprint density at radius 3 is 1.33 bits per heavy atom. The number of hydrogen-bond acceptors (Lipinski definition) is 2. The van der Waals surface area contributed by atoms with Crippen molar-refractivity contribution in [2.24, 2.45) is 0 Å². The van der Waals surface area contributed by atoms with Gasteiger partial charge in [0, 0.05) is 11.1 Å². The van der Waals surface area contributed by atoms with Crippen LogP contribution in [-0.4, -0.2) is 11.6 Å². The molecule has 2 nitrogen and oxygen atoms in total. The van der Waals surface area contributed by atoms with Crippen LogP contribution in [-0.2, 0) is 17.1 Å². The molecule has 2 aromatic rings. The van der Waals surface area contributed by atoms with Crippen molar-refractivity contribution in [2.75, 3.05) is 0 Å². The maximum Gasteiger partial charge on any atom is 2.00 e. The normalized spacial score (nSPS) is 9.33. The average Bonchev–Trinajstić information content (AvgIpc) is 2.40. The molecule has 0 fully saturated rings. The SMILES string of the molecule is O=C(CC(=O)c1ccccc1)c1ccccc1.[Fe+2]. The summed E-state index contributed by atoms with van der Waals surface area (Å²) in [6.07, 6.45) is -0.0754. The Morgan fingerprint density at radius 1 is 0.667 bits per heavy atom. The smallest absolute Gasteiger partial charge is 0.294 e. The molecule has 0 bridgehead atoms. The zero-order valence-corrected chi connectivity index (χ0v) is 10.8. The fraction of sp³-hybridized carbons (Fsp3) is 0.0667. The monoisotopic (exact) mass is 280 g/mol. The summed E-state index contributed by atoms with van der Waals surface area (Å²) >= 11 is 0. The molecule has 0 radical (unpaired) electrons. The summed E-state index contributed by atoms with van der Waals surface area (Å²) in [7, 11) is 0. The Hall–Kier alpha value is -1.70. The van der Waals surface area contributed by atoms with Crippen LogP contribution in [0.1, 0.15) is 27.1 Å². The summed E-state index contributed by atoms with van der Waals surface area (Å²) in [5.74, 6) is -0.279. The van der Waals surface area contributed by atoms with Gasteiger partial charge in [-0.3, -0.25) is 9.59 Å². The predicted octanol–water partition coefficient (Wildman–Crippen LogP) is 3.14. The van der Waals surface area contributed by atoms with E-state index < -0.39 is 0 Å². The maximum absolute atomic E-state index is 11.8. The summed E-state index contributed by atoms with van der Waals surface area (Å²) in [4.78, 5) is 23.6. The zero-order chi connectivity index (χ0) is 12.1. The van der Waals surface area contributed by atoms with Crippen molar-refractivity contribution in [3.8, 4) is 0 Å². The van der Waals surface area contributed by atoms with Crippen LogP contribution in [0.25, 0.3) is 0 Å². The Kier molecular flexibility index (Phi) is 5.50. The first kappa shape index (κ1) is 14.4. The molecule has 0 aliphatic carbocycles. The van der Waals surface area contributed by atoms with Crippen LogP contribution in [0, 0.1) is 0 Å². The van der Waals surface area contributed by atoms with Gasteiger partial charge in [-0.1, -0.05) is 60.7 Å². The zero-order valence-electron chi connectivity index (χ0n) is 9.65. The molecule has 0 spiro atoms. The quantitative estimate of drug-likeness (QED) is 0.490. The summed E-state index contributed by atoms with van der Waals surface area (Å²) in [6.45, 7) is 0. The fourth-order valence-corrected chi connectivity index (χ4v) is 1.60. The predicted molar refractivity (Wildman–Crippen MR) is 66.2 cm³/mol. The number of carbonyl (C=O) groups excluding carboxylic acids is 2. The van der Waals surface area contributed by atoms with E-state index in [0.717, 1.165) is 0 Å². The molecule has 2 aromatic carbocycles. The first-order valence-corrected chi connectivity index (χ1v) is 5.44. The molecule has 0 aliphatic heterocycles. The largest absolute Gasteiger partial charge is 2.00 e. The van der Waals surface area contributed by atoms with E-state index in [1.165, 1.54) is 0 Å². The van der Waals surface area contributed by atoms with Gasteiger partial charge in [0.05, 0.1) is 6.42 Å². The Bertz CT molecular complexity index is 471. The van der Waals surface area contributed by atoms with Gasteiger partial charge >= 0.3 is 17.1 Å². The van der Waals surface area contributed by atoms with Crippen molar-refractivity contribution >= 4 is 11.6 Å². The number of ketones is 2. The topological polar surface area (TPSA) is 34.1 Å². The minimum atomic E-state index is -0.139. The van der Waals surface area contributed by atoms with Gasteiger partial charge in [-0.25, -0.2) is 0 Å². The third-order valence-electron chi connectivity index (χ3n) is 2.51. The van der Waals surface area contributed by atoms with Crippen molar-refractivity contribution in [3.63, 3.8) is 0 Å². The van der Waals surface area contributed by atoms with E-state index in [4.69, 9.17) is 0 Å². The van der Waals surface area contributed by atoms with E-state index in [1.54, 1.807) is 48.5 Å². The van der Waals surface area contributed by atoms with Crippen LogP contribution < -0.4 is 0 Å². The van der Waals surface area contributed by atoms with E-state index in [0.29, 0.717) is 11.1 Å². The van der Waals surface area contributed by atoms with Gasteiger partial charge in [0.25, 0.3) is 0 Å². The van der Waals surface area contributed by atoms with Gasteiger partial charge in [-0.15, -0.1) is 0 Å². The summed E-state index contributed by atoms with van der Waals surface area (Å²) < 4.78 is 0. The molecule has 18 heavy (non-hydrogen) atoms. The molecule has 3 heteroatoms. The molecular weight excluding hydrogens is 268 g/mol. The van der Waals surface area contributed by atoms with Crippen molar-refractivity contribution in [3.05, 3.63) is 71.8 Å². The van der Waals surface area contributed by atoms with Crippen LogP contribution in [0.3, 0.4) is 0 Å². The van der Waals surface area contributed by atoms with Crippen LogP contribution >= 0.6 is 0 Å². The minimum absolute atomic E-state index is 0. The molecular formula is C15H12FeO2+2. The number of rotatable bonds is 4. The van der Waals surface area contributed by atoms with E-state index in [9.17, 15) is 9.59 Å². The fourth-order valence-electron chi connectivity index (χ4n) is 1.60. The summed E-state index contributed by atoms with van der Waals surface area (Å²) in [5.41, 5.74) is 1.16. The van der Waals surface area contributed by atoms with Gasteiger partial charge in [0.15, 0.2) is 11.6 Å². The molecule has 0 saturated carbocycles. The van der Waals surface area contributed by atoms with Gasteiger partial charge in [-0.05, 0) is 0 Å². The van der Waals surface area contributed by atoms with E-state index in [1.807, 2.05) is 12.1 Å². The molecule has 0 saturated heterocycles. The van der Waals surface area contributed by atoms with Crippen LogP contribution in [0.5, 0.6) is 0 Å². The van der Waals surface area contributed by atoms with Crippen molar-refractivity contribution in [1.82, 2.24) is 0 Å². The first-order chi connectivity index (χ1) is 8.27. The molecule has 0 heterocycles. The Labute approximate surface area is 117 Å². The molecule has 0 atom stereocenters. The standard InChI is InChI=1S/C15H12O2.Fe/c16-14(12-7-3-1-4-8-12)11-15(17)13-9-5-2-6-10-13;/h1-10H,11H2;/q;+2. The Morgan fingerprint density at radius 2 is 1.00 bits per heavy atom. The second kappa shape index (κ2) is 6.90. The van der Waals surface area contributed by atoms with Crippen molar-refractivity contribution in [2.45, 2.75) is 6.42 Å². The van der Waals surface area contributed by atoms with E-state index >= 15 is 0 Å². The molecule has 0 N–H and O–H groups in total. The van der Waals surface area contributed by atoms with Gasteiger partial charge < -0.3 is 0 Å². The second-order valence-electron chi connectivity index (χ2n) is 3.76. The van der Waals surface area contributed by atoms with Crippen LogP contribution in [0.15, 0.2) is 60.7 Å². The molecule has 0 aromatic heterocycles. The molecule has 0 amide bonds. The third kappa shape index (κ3) is 3.66. The molecule has 0 aliphatic rings. The summed E-state index contributed by atoms with van der Waals surface area (Å²) in [5, 5.41) is 0. The average molecular weight is 280 g/mol. The molecule has 90 valence electrons. The van der Waals surface area contributed by atoms with E-state index in [2.05, 4.69) is 0 Å². The minimum Gasteiger partial charge on any atom is -0.294 e. The molecule has 2 rings (SSSR count). The summed E-state index contributed by atoms with van der Waals surface area (Å²) in [6, 6.07) is 17.7. The van der Waals surface area contributed by atoms with Crippen LogP contribution in [0.2, 0.25) is 0 Å². The van der Waals surface area contributed by atoms with Crippen molar-refractivity contribution < 1.29 is 26.7 Å². The number of benzene rings is 2. The van der Waals surface area contributed by atoms with Gasteiger partial charge in [0.1, 0.15) is 0 Å². The van der Waals surface area contributed by atoms with E-state index in [-0.39, 0.29) is 35.1 Å². The van der Waals surface area contributed by atoms with Crippen molar-refractivity contribution in [1.29, 1.82) is 0 Å². The number of hydrogen-bond donors (Lipinski definition) is 0. The van der Waals surface area contributed by atoms with Gasteiger partial charge in [0.2, 0.25) is 0 Å². The second-order valence-corrected chi connectivity index (χ2v) is 3.76. The van der Waals surface area contributed by atoms with Crippen LogP contribution in [0.4, 0.5) is 0 Å². The number of carbonyl (C=O) groups is 2. The number of Topliss-reactive ketones (excluding diaryl/α,β-unsaturated/α-hetero) is 2. The third-order valence-corrected chi connectivity index (χ3v) is 2.51. The maximum atomic E-state index is 11.8. The Balaban J connectivity index is 0.00000162.